The summed E-state index contributed by atoms with van der Waals surface area (Å²) in [6.07, 6.45) is 43.1. The van der Waals surface area contributed by atoms with Gasteiger partial charge in [0.2, 0.25) is 0 Å². The normalized spacial score (nSPS) is 16.6. The van der Waals surface area contributed by atoms with E-state index in [-0.39, 0.29) is 31.7 Å². The Bertz CT molecular complexity index is 1020. The fourth-order valence-electron chi connectivity index (χ4n) is 6.28. The molecule has 0 aromatic rings. The molecule has 1 rings (SSSR count). The standard InChI is InChI=1S/C43H77O9P/c1-3-5-7-9-11-13-15-17-18-19-20-21-23-25-27-29-31-35-42(44)49-37-39(38-50-53(46,47)48)51-43(45)36-32-34-41-40(52-41)33-30-28-26-24-22-16-14-12-10-8-6-4-2/h12,14,22,24,28,30,39-41H,3-11,13,15-21,23,25-27,29,31-38H2,1-2H3,(H2,46,47,48)/b14-12-,24-22-,30-28-/t39-,40?,41?/m1/s1. The van der Waals surface area contributed by atoms with Crippen molar-refractivity contribution in [3.8, 4) is 0 Å². The van der Waals surface area contributed by atoms with Crippen LogP contribution in [0.25, 0.3) is 0 Å². The van der Waals surface area contributed by atoms with Gasteiger partial charge in [-0.05, 0) is 51.4 Å². The summed E-state index contributed by atoms with van der Waals surface area (Å²) < 4.78 is 32.1. The highest BCUT2D eigenvalue weighted by atomic mass is 31.2. The number of ether oxygens (including phenoxy) is 3. The monoisotopic (exact) mass is 769 g/mol. The first-order valence-corrected chi connectivity index (χ1v) is 22.9. The number of carbonyl (C=O) groups excluding carboxylic acids is 2. The van der Waals surface area contributed by atoms with Gasteiger partial charge in [-0.2, -0.15) is 0 Å². The zero-order valence-corrected chi connectivity index (χ0v) is 34.5. The summed E-state index contributed by atoms with van der Waals surface area (Å²) in [6.45, 7) is 3.61. The topological polar surface area (TPSA) is 132 Å². The van der Waals surface area contributed by atoms with Gasteiger partial charge in [0.25, 0.3) is 0 Å². The molecule has 53 heavy (non-hydrogen) atoms. The maximum atomic E-state index is 12.5. The van der Waals surface area contributed by atoms with Gasteiger partial charge in [-0.1, -0.05) is 166 Å². The van der Waals surface area contributed by atoms with E-state index in [0.29, 0.717) is 6.42 Å². The SMILES string of the molecule is CCCCC/C=C\C/C=C\C/C=C\CC1OC1CCCC(=O)O[C@H](COC(=O)CCCCCCCCCCCCCCCCCCC)COP(=O)(O)O. The largest absolute Gasteiger partial charge is 0.469 e. The molecule has 0 saturated carbocycles. The van der Waals surface area contributed by atoms with E-state index in [0.717, 1.165) is 51.4 Å². The summed E-state index contributed by atoms with van der Waals surface area (Å²) in [5.41, 5.74) is 0. The minimum Gasteiger partial charge on any atom is -0.462 e. The Kier molecular flexibility index (Phi) is 32.2. The summed E-state index contributed by atoms with van der Waals surface area (Å²) in [5.74, 6) is -0.955. The molecular weight excluding hydrogens is 691 g/mol. The van der Waals surface area contributed by atoms with Crippen molar-refractivity contribution in [3.05, 3.63) is 36.5 Å². The van der Waals surface area contributed by atoms with E-state index in [1.807, 2.05) is 0 Å². The molecule has 0 bridgehead atoms. The molecule has 1 saturated heterocycles. The number of phosphoric ester groups is 1. The smallest absolute Gasteiger partial charge is 0.462 e. The van der Waals surface area contributed by atoms with Crippen LogP contribution in [0, 0.1) is 0 Å². The second kappa shape index (κ2) is 34.7. The number of carbonyl (C=O) groups is 2. The maximum Gasteiger partial charge on any atom is 0.469 e. The number of hydrogen-bond donors (Lipinski definition) is 2. The highest BCUT2D eigenvalue weighted by molar-refractivity contribution is 7.46. The van der Waals surface area contributed by atoms with E-state index in [1.165, 1.54) is 109 Å². The Labute approximate surface area is 323 Å². The summed E-state index contributed by atoms with van der Waals surface area (Å²) >= 11 is 0. The average molecular weight is 769 g/mol. The lowest BCUT2D eigenvalue weighted by atomic mass is 10.0. The van der Waals surface area contributed by atoms with Crippen LogP contribution in [0.2, 0.25) is 0 Å². The fraction of sp³-hybridized carbons (Fsp3) is 0.814. The molecule has 0 spiro atoms. The quantitative estimate of drug-likeness (QED) is 0.0207. The highest BCUT2D eigenvalue weighted by Gasteiger charge is 2.36. The van der Waals surface area contributed by atoms with Crippen LogP contribution in [0.5, 0.6) is 0 Å². The minimum absolute atomic E-state index is 0.116. The molecule has 10 heteroatoms. The first-order chi connectivity index (χ1) is 25.7. The Hall–Kier alpha value is -1.77. The van der Waals surface area contributed by atoms with Crippen LogP contribution in [0.1, 0.15) is 194 Å². The van der Waals surface area contributed by atoms with Crippen LogP contribution in [0.4, 0.5) is 0 Å². The average Bonchev–Trinajstić information content (AvgIpc) is 3.88. The molecule has 1 aliphatic rings. The third kappa shape index (κ3) is 34.5. The number of unbranched alkanes of at least 4 members (excludes halogenated alkanes) is 19. The van der Waals surface area contributed by atoms with Gasteiger partial charge in [0.15, 0.2) is 6.10 Å². The number of epoxide rings is 1. The van der Waals surface area contributed by atoms with Gasteiger partial charge in [-0.3, -0.25) is 14.1 Å². The van der Waals surface area contributed by atoms with E-state index >= 15 is 0 Å². The highest BCUT2D eigenvalue weighted by Crippen LogP contribution is 2.36. The molecule has 0 amide bonds. The summed E-state index contributed by atoms with van der Waals surface area (Å²) in [5, 5.41) is 0. The van der Waals surface area contributed by atoms with Crippen molar-refractivity contribution in [2.24, 2.45) is 0 Å². The van der Waals surface area contributed by atoms with Crippen molar-refractivity contribution >= 4 is 19.8 Å². The van der Waals surface area contributed by atoms with Crippen molar-refractivity contribution in [2.75, 3.05) is 13.2 Å². The Morgan fingerprint density at radius 2 is 1.09 bits per heavy atom. The van der Waals surface area contributed by atoms with Gasteiger partial charge in [-0.25, -0.2) is 4.57 Å². The zero-order valence-electron chi connectivity index (χ0n) is 33.6. The predicted molar refractivity (Wildman–Crippen MR) is 216 cm³/mol. The minimum atomic E-state index is -4.78. The summed E-state index contributed by atoms with van der Waals surface area (Å²) in [4.78, 5) is 43.0. The number of esters is 2. The van der Waals surface area contributed by atoms with Crippen LogP contribution in [-0.2, 0) is 32.9 Å². The van der Waals surface area contributed by atoms with Crippen molar-refractivity contribution in [1.82, 2.24) is 0 Å². The second-order valence-corrected chi connectivity index (χ2v) is 15.9. The van der Waals surface area contributed by atoms with E-state index in [9.17, 15) is 14.2 Å². The summed E-state index contributed by atoms with van der Waals surface area (Å²) in [7, 11) is -4.78. The van der Waals surface area contributed by atoms with E-state index < -0.39 is 32.5 Å². The molecule has 0 aromatic carbocycles. The number of allylic oxidation sites excluding steroid dienone is 5. The lowest BCUT2D eigenvalue weighted by molar-refractivity contribution is -0.161. The molecule has 2 N–H and O–H groups in total. The van der Waals surface area contributed by atoms with E-state index in [1.54, 1.807) is 0 Å². The fourth-order valence-corrected chi connectivity index (χ4v) is 6.64. The molecule has 3 atom stereocenters. The maximum absolute atomic E-state index is 12.5. The molecule has 1 aliphatic heterocycles. The molecular formula is C43H77O9P. The second-order valence-electron chi connectivity index (χ2n) is 14.7. The molecule has 0 aromatic heterocycles. The van der Waals surface area contributed by atoms with Crippen LogP contribution < -0.4 is 0 Å². The van der Waals surface area contributed by atoms with Crippen molar-refractivity contribution in [3.63, 3.8) is 0 Å². The lowest BCUT2D eigenvalue weighted by Gasteiger charge is -2.18. The van der Waals surface area contributed by atoms with Gasteiger partial charge < -0.3 is 24.0 Å². The number of hydrogen-bond acceptors (Lipinski definition) is 7. The molecule has 1 fully saturated rings. The number of phosphoric acid groups is 1. The molecule has 1 heterocycles. The zero-order chi connectivity index (χ0) is 38.7. The third-order valence-corrected chi connectivity index (χ3v) is 10.1. The first-order valence-electron chi connectivity index (χ1n) is 21.4. The number of rotatable bonds is 38. The van der Waals surface area contributed by atoms with Crippen LogP contribution in [-0.4, -0.2) is 53.3 Å². The molecule has 9 nitrogen and oxygen atoms in total. The van der Waals surface area contributed by atoms with Gasteiger partial charge in [0.1, 0.15) is 6.61 Å². The summed E-state index contributed by atoms with van der Waals surface area (Å²) in [6, 6.07) is 0. The lowest BCUT2D eigenvalue weighted by Crippen LogP contribution is -2.29. The molecule has 308 valence electrons. The van der Waals surface area contributed by atoms with Crippen molar-refractivity contribution in [1.29, 1.82) is 0 Å². The molecule has 2 unspecified atom stereocenters. The first kappa shape index (κ1) is 49.2. The Balaban J connectivity index is 2.10. The van der Waals surface area contributed by atoms with Gasteiger partial charge in [0, 0.05) is 12.8 Å². The molecule has 0 aliphatic carbocycles. The van der Waals surface area contributed by atoms with E-state index in [2.05, 4.69) is 54.8 Å². The van der Waals surface area contributed by atoms with Gasteiger partial charge >= 0.3 is 19.8 Å². The van der Waals surface area contributed by atoms with Crippen LogP contribution in [0.3, 0.4) is 0 Å². The molecule has 0 radical (unpaired) electrons. The van der Waals surface area contributed by atoms with Crippen molar-refractivity contribution < 1.29 is 42.7 Å². The third-order valence-electron chi connectivity index (χ3n) is 9.59. The Morgan fingerprint density at radius 1 is 0.604 bits per heavy atom. The van der Waals surface area contributed by atoms with Gasteiger partial charge in [0.05, 0.1) is 18.8 Å². The van der Waals surface area contributed by atoms with Crippen molar-refractivity contribution in [2.45, 2.75) is 212 Å². The Morgan fingerprint density at radius 3 is 1.66 bits per heavy atom. The predicted octanol–water partition coefficient (Wildman–Crippen LogP) is 11.9. The van der Waals surface area contributed by atoms with E-state index in [4.69, 9.17) is 24.0 Å². The van der Waals surface area contributed by atoms with Crippen LogP contribution >= 0.6 is 7.82 Å². The van der Waals surface area contributed by atoms with Crippen LogP contribution in [0.15, 0.2) is 36.5 Å². The van der Waals surface area contributed by atoms with Gasteiger partial charge in [-0.15, -0.1) is 0 Å².